The van der Waals surface area contributed by atoms with E-state index >= 15 is 0 Å². The van der Waals surface area contributed by atoms with E-state index in [0.717, 1.165) is 16.7 Å². The highest BCUT2D eigenvalue weighted by Gasteiger charge is 2.35. The summed E-state index contributed by atoms with van der Waals surface area (Å²) in [6, 6.07) is 20.6. The van der Waals surface area contributed by atoms with Gasteiger partial charge in [0.1, 0.15) is 0 Å². The van der Waals surface area contributed by atoms with Gasteiger partial charge >= 0.3 is 5.97 Å². The molecule has 0 spiro atoms. The summed E-state index contributed by atoms with van der Waals surface area (Å²) in [4.78, 5) is 39.1. The minimum atomic E-state index is -0.512. The van der Waals surface area contributed by atoms with Crippen LogP contribution in [-0.4, -0.2) is 29.1 Å². The molecule has 0 aliphatic carbocycles. The van der Waals surface area contributed by atoms with Crippen LogP contribution in [0.3, 0.4) is 0 Å². The average Bonchev–Trinajstić information content (AvgIpc) is 3.09. The molecule has 166 valence electrons. The number of thioether (sulfide) groups is 1. The lowest BCUT2D eigenvalue weighted by atomic mass is 10.1. The highest BCUT2D eigenvalue weighted by atomic mass is 35.5. The number of hydrogen-bond donors (Lipinski definition) is 0. The lowest BCUT2D eigenvalue weighted by Crippen LogP contribution is -2.27. The zero-order valence-electron chi connectivity index (χ0n) is 17.5. The zero-order valence-corrected chi connectivity index (χ0v) is 19.1. The molecule has 1 aliphatic rings. The molecule has 1 aliphatic heterocycles. The Kier molecular flexibility index (Phi) is 6.82. The normalized spacial score (nSPS) is 14.6. The summed E-state index contributed by atoms with van der Waals surface area (Å²) in [6.07, 6.45) is 1.60. The van der Waals surface area contributed by atoms with Crippen LogP contribution in [0.4, 0.5) is 4.79 Å². The first kappa shape index (κ1) is 22.6. The van der Waals surface area contributed by atoms with E-state index in [2.05, 4.69) is 0 Å². The van der Waals surface area contributed by atoms with E-state index in [1.165, 1.54) is 7.11 Å². The van der Waals surface area contributed by atoms with Crippen molar-refractivity contribution >= 4 is 46.6 Å². The Hall–Kier alpha value is -3.55. The fraction of sp³-hybridized carbons (Fsp3) is 0.0800. The monoisotopic (exact) mass is 479 g/mol. The fourth-order valence-electron chi connectivity index (χ4n) is 3.18. The van der Waals surface area contributed by atoms with Crippen molar-refractivity contribution in [3.63, 3.8) is 0 Å². The van der Waals surface area contributed by atoms with Crippen molar-refractivity contribution in [2.24, 2.45) is 0 Å². The molecule has 33 heavy (non-hydrogen) atoms. The number of benzene rings is 3. The fourth-order valence-corrected chi connectivity index (χ4v) is 4.21. The van der Waals surface area contributed by atoms with Crippen molar-refractivity contribution < 1.29 is 23.9 Å². The zero-order chi connectivity index (χ0) is 23.4. The third kappa shape index (κ3) is 5.10. The van der Waals surface area contributed by atoms with Gasteiger partial charge in [-0.3, -0.25) is 14.5 Å². The molecule has 8 heteroatoms. The minimum Gasteiger partial charge on any atom is -0.493 e. The number of nitrogens with zero attached hydrogens (tertiary/aromatic N) is 1. The summed E-state index contributed by atoms with van der Waals surface area (Å²) < 4.78 is 10.8. The SMILES string of the molecule is COc1cc(/C=C2\SC(=O)N(Cc3ccccc3Cl)C2=O)ccc1OC(=O)c1ccccc1. The van der Waals surface area contributed by atoms with Gasteiger partial charge in [0.25, 0.3) is 11.1 Å². The van der Waals surface area contributed by atoms with E-state index in [4.69, 9.17) is 21.1 Å². The first-order valence-corrected chi connectivity index (χ1v) is 11.1. The standard InChI is InChI=1S/C25H18ClNO5S/c1-31-21-13-16(11-12-20(21)32-24(29)17-7-3-2-4-8-17)14-22-23(28)27(25(30)33-22)15-18-9-5-6-10-19(18)26/h2-14H,15H2,1H3/b22-14-. The molecule has 0 aromatic heterocycles. The Morgan fingerprint density at radius 2 is 1.73 bits per heavy atom. The second kappa shape index (κ2) is 9.94. The van der Waals surface area contributed by atoms with Crippen LogP contribution >= 0.6 is 23.4 Å². The molecule has 0 unspecified atom stereocenters. The number of esters is 1. The summed E-state index contributed by atoms with van der Waals surface area (Å²) in [5.74, 6) is -0.343. The molecule has 1 fully saturated rings. The average molecular weight is 480 g/mol. The van der Waals surface area contributed by atoms with Crippen LogP contribution in [0, 0.1) is 0 Å². The van der Waals surface area contributed by atoms with Crippen LogP contribution in [0.5, 0.6) is 11.5 Å². The number of amides is 2. The quantitative estimate of drug-likeness (QED) is 0.252. The second-order valence-electron chi connectivity index (χ2n) is 7.03. The number of methoxy groups -OCH3 is 1. The summed E-state index contributed by atoms with van der Waals surface area (Å²) in [6.45, 7) is 0.0966. The van der Waals surface area contributed by atoms with E-state index in [-0.39, 0.29) is 22.4 Å². The van der Waals surface area contributed by atoms with Crippen molar-refractivity contribution in [2.75, 3.05) is 7.11 Å². The molecular formula is C25H18ClNO5S. The van der Waals surface area contributed by atoms with Gasteiger partial charge < -0.3 is 9.47 Å². The van der Waals surface area contributed by atoms with Crippen LogP contribution in [0.1, 0.15) is 21.5 Å². The van der Waals surface area contributed by atoms with Crippen molar-refractivity contribution in [3.8, 4) is 11.5 Å². The summed E-state index contributed by atoms with van der Waals surface area (Å²) >= 11 is 7.02. The number of ether oxygens (including phenoxy) is 2. The number of hydrogen-bond acceptors (Lipinski definition) is 6. The first-order chi connectivity index (χ1) is 16.0. The van der Waals surface area contributed by atoms with Crippen LogP contribution in [-0.2, 0) is 11.3 Å². The number of halogens is 1. The molecule has 3 aromatic carbocycles. The molecule has 6 nitrogen and oxygen atoms in total. The van der Waals surface area contributed by atoms with Gasteiger partial charge in [-0.25, -0.2) is 4.79 Å². The molecule has 0 atom stereocenters. The molecule has 3 aromatic rings. The predicted octanol–water partition coefficient (Wildman–Crippen LogP) is 5.80. The van der Waals surface area contributed by atoms with E-state index < -0.39 is 11.9 Å². The number of imide groups is 1. The van der Waals surface area contributed by atoms with Crippen LogP contribution in [0.25, 0.3) is 6.08 Å². The highest BCUT2D eigenvalue weighted by Crippen LogP contribution is 2.36. The van der Waals surface area contributed by atoms with Crippen LogP contribution in [0.2, 0.25) is 5.02 Å². The van der Waals surface area contributed by atoms with Crippen LogP contribution in [0.15, 0.2) is 77.7 Å². The molecule has 0 N–H and O–H groups in total. The highest BCUT2D eigenvalue weighted by molar-refractivity contribution is 8.18. The Bertz CT molecular complexity index is 1260. The molecule has 0 bridgehead atoms. The summed E-state index contributed by atoms with van der Waals surface area (Å²) in [5.41, 5.74) is 1.72. The largest absolute Gasteiger partial charge is 0.493 e. The number of carbonyl (C=O) groups excluding carboxylic acids is 3. The molecule has 4 rings (SSSR count). The topological polar surface area (TPSA) is 72.9 Å². The van der Waals surface area contributed by atoms with Crippen molar-refractivity contribution in [2.45, 2.75) is 6.54 Å². The lowest BCUT2D eigenvalue weighted by Gasteiger charge is -2.13. The third-order valence-electron chi connectivity index (χ3n) is 4.86. The van der Waals surface area contributed by atoms with Gasteiger partial charge in [0.05, 0.1) is 24.1 Å². The third-order valence-corrected chi connectivity index (χ3v) is 6.13. The Morgan fingerprint density at radius 1 is 1.00 bits per heavy atom. The van der Waals surface area contributed by atoms with E-state index in [1.54, 1.807) is 72.8 Å². The van der Waals surface area contributed by atoms with Crippen molar-refractivity contribution in [1.29, 1.82) is 0 Å². The Balaban J connectivity index is 1.53. The van der Waals surface area contributed by atoms with E-state index in [9.17, 15) is 14.4 Å². The van der Waals surface area contributed by atoms with Gasteiger partial charge in [0, 0.05) is 5.02 Å². The molecule has 1 heterocycles. The minimum absolute atomic E-state index is 0.0966. The maximum absolute atomic E-state index is 12.8. The van der Waals surface area contributed by atoms with E-state index in [1.807, 2.05) is 6.07 Å². The van der Waals surface area contributed by atoms with E-state index in [0.29, 0.717) is 27.5 Å². The number of rotatable bonds is 6. The summed E-state index contributed by atoms with van der Waals surface area (Å²) in [7, 11) is 1.45. The predicted molar refractivity (Wildman–Crippen MR) is 127 cm³/mol. The van der Waals surface area contributed by atoms with Gasteiger partial charge in [-0.2, -0.15) is 0 Å². The Labute approximate surface area is 199 Å². The summed E-state index contributed by atoms with van der Waals surface area (Å²) in [5, 5.41) is 0.123. The van der Waals surface area contributed by atoms with Gasteiger partial charge in [0.2, 0.25) is 0 Å². The van der Waals surface area contributed by atoms with Crippen LogP contribution < -0.4 is 9.47 Å². The first-order valence-electron chi connectivity index (χ1n) is 9.90. The van der Waals surface area contributed by atoms with Gasteiger partial charge in [-0.05, 0) is 59.3 Å². The smallest absolute Gasteiger partial charge is 0.343 e. The van der Waals surface area contributed by atoms with Gasteiger partial charge in [-0.1, -0.05) is 54.1 Å². The molecule has 0 saturated carbocycles. The maximum atomic E-state index is 12.8. The molecule has 1 saturated heterocycles. The van der Waals surface area contributed by atoms with Crippen molar-refractivity contribution in [3.05, 3.63) is 99.4 Å². The lowest BCUT2D eigenvalue weighted by molar-refractivity contribution is -0.123. The number of carbonyl (C=O) groups is 3. The van der Waals surface area contributed by atoms with Crippen molar-refractivity contribution in [1.82, 2.24) is 4.90 Å². The second-order valence-corrected chi connectivity index (χ2v) is 8.43. The van der Waals surface area contributed by atoms with Gasteiger partial charge in [0.15, 0.2) is 11.5 Å². The maximum Gasteiger partial charge on any atom is 0.343 e. The van der Waals surface area contributed by atoms with Gasteiger partial charge in [-0.15, -0.1) is 0 Å². The molecule has 2 amide bonds. The molecule has 0 radical (unpaired) electrons. The molecular weight excluding hydrogens is 462 g/mol. The Morgan fingerprint density at radius 3 is 2.45 bits per heavy atom.